The van der Waals surface area contributed by atoms with Crippen LogP contribution in [0, 0.1) is 0 Å². The second kappa shape index (κ2) is 11.9. The van der Waals surface area contributed by atoms with Gasteiger partial charge in [0.2, 0.25) is 0 Å². The van der Waals surface area contributed by atoms with Crippen LogP contribution in [0.5, 0.6) is 11.5 Å². The Morgan fingerprint density at radius 2 is 0.882 bits per heavy atom. The molecule has 0 aliphatic carbocycles. The topological polar surface area (TPSA) is 35.0 Å². The van der Waals surface area contributed by atoms with Gasteiger partial charge in [-0.1, -0.05) is 146 Å². The summed E-state index contributed by atoms with van der Waals surface area (Å²) in [6.45, 7) is 0. The molecule has 1 aromatic heterocycles. The summed E-state index contributed by atoms with van der Waals surface area (Å²) in [6.07, 6.45) is 0. The van der Waals surface area contributed by atoms with E-state index >= 15 is 0 Å². The number of fused-ring (bicyclic) bond motifs is 3. The van der Waals surface area contributed by atoms with E-state index in [0.29, 0.717) is 0 Å². The van der Waals surface area contributed by atoms with Crippen molar-refractivity contribution in [1.82, 2.24) is 9.97 Å². The zero-order valence-corrected chi connectivity index (χ0v) is 27.6. The van der Waals surface area contributed by atoms with Gasteiger partial charge in [0.25, 0.3) is 0 Å². The van der Waals surface area contributed by atoms with Crippen LogP contribution < -0.4 is 4.74 Å². The predicted molar refractivity (Wildman–Crippen MR) is 210 cm³/mol. The maximum absolute atomic E-state index is 6.33. The van der Waals surface area contributed by atoms with Gasteiger partial charge in [-0.25, -0.2) is 9.97 Å². The highest BCUT2D eigenvalue weighted by atomic mass is 16.5. The minimum atomic E-state index is 0.720. The van der Waals surface area contributed by atoms with Gasteiger partial charge in [-0.15, -0.1) is 0 Å². The molecule has 9 aromatic rings. The van der Waals surface area contributed by atoms with Crippen molar-refractivity contribution < 1.29 is 4.74 Å². The van der Waals surface area contributed by atoms with Crippen LogP contribution >= 0.6 is 0 Å². The number of benzene rings is 8. The molecule has 0 bridgehead atoms. The lowest BCUT2D eigenvalue weighted by Crippen LogP contribution is -1.97. The second-order valence-corrected chi connectivity index (χ2v) is 13.0. The third-order valence-electron chi connectivity index (χ3n) is 9.87. The number of hydrogen-bond acceptors (Lipinski definition) is 3. The molecule has 0 atom stereocenters. The molecule has 8 aromatic carbocycles. The Morgan fingerprint density at radius 3 is 1.61 bits per heavy atom. The first kappa shape index (κ1) is 29.1. The molecule has 2 heterocycles. The van der Waals surface area contributed by atoms with E-state index in [1.165, 1.54) is 49.4 Å². The predicted octanol–water partition coefficient (Wildman–Crippen LogP) is 12.9. The van der Waals surface area contributed by atoms with Crippen molar-refractivity contribution in [2.45, 2.75) is 0 Å². The van der Waals surface area contributed by atoms with Crippen LogP contribution in [-0.2, 0) is 0 Å². The van der Waals surface area contributed by atoms with Crippen LogP contribution in [0.25, 0.3) is 88.8 Å². The zero-order valence-electron chi connectivity index (χ0n) is 27.6. The summed E-state index contributed by atoms with van der Waals surface area (Å²) in [5.74, 6) is 2.54. The van der Waals surface area contributed by atoms with Crippen LogP contribution in [-0.4, -0.2) is 9.97 Å². The first-order valence-electron chi connectivity index (χ1n) is 17.2. The smallest absolute Gasteiger partial charge is 0.160 e. The third-order valence-corrected chi connectivity index (χ3v) is 9.87. The Hall–Kier alpha value is -6.84. The second-order valence-electron chi connectivity index (χ2n) is 13.0. The number of rotatable bonds is 5. The molecule has 238 valence electrons. The van der Waals surface area contributed by atoms with Gasteiger partial charge in [0.15, 0.2) is 5.82 Å². The van der Waals surface area contributed by atoms with Crippen LogP contribution in [0.2, 0.25) is 0 Å². The first-order valence-corrected chi connectivity index (χ1v) is 17.2. The molecule has 10 rings (SSSR count). The van der Waals surface area contributed by atoms with E-state index in [4.69, 9.17) is 14.7 Å². The monoisotopic (exact) mass is 650 g/mol. The lowest BCUT2D eigenvalue weighted by atomic mass is 9.92. The summed E-state index contributed by atoms with van der Waals surface area (Å²) in [5, 5.41) is 4.72. The van der Waals surface area contributed by atoms with Gasteiger partial charge in [-0.3, -0.25) is 0 Å². The largest absolute Gasteiger partial charge is 0.456 e. The van der Waals surface area contributed by atoms with Crippen LogP contribution in [0.3, 0.4) is 0 Å². The number of nitrogens with zero attached hydrogens (tertiary/aromatic N) is 2. The molecule has 1 aliphatic rings. The van der Waals surface area contributed by atoms with Gasteiger partial charge in [0, 0.05) is 27.6 Å². The first-order chi connectivity index (χ1) is 25.2. The van der Waals surface area contributed by atoms with E-state index < -0.39 is 0 Å². The summed E-state index contributed by atoms with van der Waals surface area (Å²) < 4.78 is 6.33. The minimum absolute atomic E-state index is 0.720. The maximum Gasteiger partial charge on any atom is 0.160 e. The van der Waals surface area contributed by atoms with E-state index in [1.807, 2.05) is 36.4 Å². The fraction of sp³-hybridized carbons (Fsp3) is 0. The van der Waals surface area contributed by atoms with Crippen molar-refractivity contribution in [2.75, 3.05) is 0 Å². The van der Waals surface area contributed by atoms with E-state index in [0.717, 1.165) is 51.0 Å². The van der Waals surface area contributed by atoms with Gasteiger partial charge in [0.05, 0.1) is 11.4 Å². The molecule has 0 fully saturated rings. The van der Waals surface area contributed by atoms with Gasteiger partial charge in [-0.2, -0.15) is 0 Å². The molecular weight excluding hydrogens is 621 g/mol. The van der Waals surface area contributed by atoms with E-state index in [2.05, 4.69) is 146 Å². The molecule has 0 radical (unpaired) electrons. The van der Waals surface area contributed by atoms with E-state index in [9.17, 15) is 0 Å². The Bertz CT molecular complexity index is 2690. The van der Waals surface area contributed by atoms with Crippen molar-refractivity contribution in [1.29, 1.82) is 0 Å². The Morgan fingerprint density at radius 1 is 0.314 bits per heavy atom. The maximum atomic E-state index is 6.33. The van der Waals surface area contributed by atoms with Crippen LogP contribution in [0.4, 0.5) is 0 Å². The van der Waals surface area contributed by atoms with Crippen LogP contribution in [0.15, 0.2) is 182 Å². The molecule has 0 amide bonds. The minimum Gasteiger partial charge on any atom is -0.456 e. The summed E-state index contributed by atoms with van der Waals surface area (Å²) >= 11 is 0. The molecule has 3 heteroatoms. The zero-order chi connectivity index (χ0) is 33.7. The lowest BCUT2D eigenvalue weighted by molar-refractivity contribution is 0.487. The molecule has 0 saturated heterocycles. The Balaban J connectivity index is 0.961. The summed E-state index contributed by atoms with van der Waals surface area (Å²) in [4.78, 5) is 9.98. The van der Waals surface area contributed by atoms with E-state index in [-0.39, 0.29) is 0 Å². The molecular formula is C48H30N2O. The average Bonchev–Trinajstić information content (AvgIpc) is 3.21. The van der Waals surface area contributed by atoms with Crippen molar-refractivity contribution in [3.05, 3.63) is 182 Å². The van der Waals surface area contributed by atoms with Gasteiger partial charge < -0.3 is 4.74 Å². The number of ether oxygens (including phenoxy) is 1. The van der Waals surface area contributed by atoms with Crippen molar-refractivity contribution >= 4 is 21.5 Å². The normalized spacial score (nSPS) is 11.7. The molecule has 0 N–H and O–H groups in total. The molecule has 0 spiro atoms. The highest BCUT2D eigenvalue weighted by Crippen LogP contribution is 2.47. The van der Waals surface area contributed by atoms with Gasteiger partial charge >= 0.3 is 0 Å². The molecule has 3 nitrogen and oxygen atoms in total. The molecule has 0 saturated carbocycles. The van der Waals surface area contributed by atoms with Gasteiger partial charge in [-0.05, 0) is 80.4 Å². The SMILES string of the molecule is c1ccc(-c2cc(-c3ccc4cc(-c5ccc(-c6ccc7c(c6)-c6cccc8cccc(c68)O7)cc5)ccc4c3)nc(-c3ccccc3)n2)cc1. The fourth-order valence-corrected chi connectivity index (χ4v) is 7.25. The van der Waals surface area contributed by atoms with Crippen molar-refractivity contribution in [3.8, 4) is 78.8 Å². The lowest BCUT2D eigenvalue weighted by Gasteiger charge is -2.22. The molecule has 0 unspecified atom stereocenters. The summed E-state index contributed by atoms with van der Waals surface area (Å²) in [6, 6.07) is 63.9. The summed E-state index contributed by atoms with van der Waals surface area (Å²) in [7, 11) is 0. The quantitative estimate of drug-likeness (QED) is 0.186. The van der Waals surface area contributed by atoms with Crippen molar-refractivity contribution in [3.63, 3.8) is 0 Å². The Labute approximate surface area is 296 Å². The highest BCUT2D eigenvalue weighted by molar-refractivity contribution is 6.04. The van der Waals surface area contributed by atoms with Crippen LogP contribution in [0.1, 0.15) is 0 Å². The third kappa shape index (κ3) is 5.24. The van der Waals surface area contributed by atoms with E-state index in [1.54, 1.807) is 0 Å². The van der Waals surface area contributed by atoms with Crippen molar-refractivity contribution in [2.24, 2.45) is 0 Å². The molecule has 51 heavy (non-hydrogen) atoms. The molecule has 1 aliphatic heterocycles. The summed E-state index contributed by atoms with van der Waals surface area (Å²) in [5.41, 5.74) is 12.0. The number of aromatic nitrogens is 2. The Kier molecular flexibility index (Phi) is 6.81. The number of hydrogen-bond donors (Lipinski definition) is 0. The average molecular weight is 651 g/mol. The fourth-order valence-electron chi connectivity index (χ4n) is 7.25. The highest BCUT2D eigenvalue weighted by Gasteiger charge is 2.20. The standard InChI is InChI=1S/C48H30N2O/c1-3-9-33(10-4-1)43-30-44(50-48(49-43)35-11-5-2-6-12-35)40-24-23-37-27-36(21-22-38(37)28-40)31-17-19-32(20-18-31)39-25-26-45-42(29-39)41-15-7-13-34-14-8-16-46(51-45)47(34)41/h1-30H. The van der Waals surface area contributed by atoms with Gasteiger partial charge in [0.1, 0.15) is 11.5 Å².